The van der Waals surface area contributed by atoms with Crippen molar-refractivity contribution in [1.82, 2.24) is 0 Å². The summed E-state index contributed by atoms with van der Waals surface area (Å²) in [5.41, 5.74) is -0.654. The summed E-state index contributed by atoms with van der Waals surface area (Å²) in [5, 5.41) is 17.0. The smallest absolute Gasteiger partial charge is 0.333 e. The number of hydrogen-bond donors (Lipinski definition) is 2. The Morgan fingerprint density at radius 1 is 1.31 bits per heavy atom. The monoisotopic (exact) mass is 190 g/mol. The van der Waals surface area contributed by atoms with Gasteiger partial charge in [-0.2, -0.15) is 0 Å². The summed E-state index contributed by atoms with van der Waals surface area (Å²) < 4.78 is 5.03. The summed E-state index contributed by atoms with van der Waals surface area (Å²) in [4.78, 5) is 20.8. The molecule has 0 aromatic rings. The third-order valence-corrected chi connectivity index (χ3v) is 1.13. The molecule has 0 radical (unpaired) electrons. The summed E-state index contributed by atoms with van der Waals surface area (Å²) in [5.74, 6) is -2.44. The summed E-state index contributed by atoms with van der Waals surface area (Å²) in [6, 6.07) is 0. The number of rotatable bonds is 4. The van der Waals surface area contributed by atoms with E-state index in [1.54, 1.807) is 20.8 Å². The van der Waals surface area contributed by atoms with Crippen molar-refractivity contribution in [1.29, 1.82) is 0 Å². The molecule has 1 atom stereocenters. The van der Waals surface area contributed by atoms with E-state index in [0.717, 1.165) is 0 Å². The fraction of sp³-hybridized carbons (Fsp3) is 0.750. The maximum Gasteiger partial charge on any atom is 0.333 e. The van der Waals surface area contributed by atoms with E-state index in [1.807, 2.05) is 0 Å². The van der Waals surface area contributed by atoms with Gasteiger partial charge in [0.1, 0.15) is 0 Å². The molecular formula is C8H14O5. The summed E-state index contributed by atoms with van der Waals surface area (Å²) in [6.07, 6.45) is -1.80. The SMILES string of the molecule is CC(C)(C)OC(CC(=O)O)C(=O)O. The number of carboxylic acids is 2. The number of aliphatic carboxylic acids is 2. The van der Waals surface area contributed by atoms with E-state index >= 15 is 0 Å². The van der Waals surface area contributed by atoms with E-state index in [2.05, 4.69) is 0 Å². The number of hydrogen-bond acceptors (Lipinski definition) is 3. The second-order valence-corrected chi connectivity index (χ2v) is 3.65. The first kappa shape index (κ1) is 11.9. The number of ether oxygens (including phenoxy) is 1. The Morgan fingerprint density at radius 2 is 1.77 bits per heavy atom. The molecule has 0 rings (SSSR count). The van der Waals surface area contributed by atoms with Crippen molar-refractivity contribution in [2.45, 2.75) is 38.9 Å². The predicted octanol–water partition coefficient (Wildman–Crippen LogP) is 0.729. The van der Waals surface area contributed by atoms with Crippen LogP contribution in [0.25, 0.3) is 0 Å². The van der Waals surface area contributed by atoms with Gasteiger partial charge in [-0.3, -0.25) is 4.79 Å². The van der Waals surface area contributed by atoms with Gasteiger partial charge in [-0.1, -0.05) is 0 Å². The van der Waals surface area contributed by atoms with Gasteiger partial charge < -0.3 is 14.9 Å². The molecule has 13 heavy (non-hydrogen) atoms. The highest BCUT2D eigenvalue weighted by Gasteiger charge is 2.26. The standard InChI is InChI=1S/C8H14O5/c1-8(2,3)13-5(7(11)12)4-6(9)10/h5H,4H2,1-3H3,(H,9,10)(H,11,12). The lowest BCUT2D eigenvalue weighted by molar-refractivity contribution is -0.165. The zero-order valence-electron chi connectivity index (χ0n) is 7.90. The maximum absolute atomic E-state index is 10.5. The van der Waals surface area contributed by atoms with Gasteiger partial charge in [0, 0.05) is 0 Å². The average Bonchev–Trinajstić information content (AvgIpc) is 1.81. The molecule has 0 aliphatic heterocycles. The molecule has 0 heterocycles. The van der Waals surface area contributed by atoms with Crippen molar-refractivity contribution in [3.8, 4) is 0 Å². The second kappa shape index (κ2) is 4.23. The third-order valence-electron chi connectivity index (χ3n) is 1.13. The molecule has 0 amide bonds. The summed E-state index contributed by atoms with van der Waals surface area (Å²) in [6.45, 7) is 5.01. The van der Waals surface area contributed by atoms with E-state index in [1.165, 1.54) is 0 Å². The van der Waals surface area contributed by atoms with E-state index in [-0.39, 0.29) is 0 Å². The summed E-state index contributed by atoms with van der Waals surface area (Å²) in [7, 11) is 0. The van der Waals surface area contributed by atoms with E-state index in [4.69, 9.17) is 14.9 Å². The third kappa shape index (κ3) is 6.10. The van der Waals surface area contributed by atoms with E-state index < -0.39 is 30.1 Å². The molecule has 0 aromatic heterocycles. The molecule has 0 aliphatic carbocycles. The van der Waals surface area contributed by atoms with Crippen LogP contribution in [0.2, 0.25) is 0 Å². The lowest BCUT2D eigenvalue weighted by atomic mass is 10.1. The number of carboxylic acid groups (broad SMARTS) is 2. The minimum absolute atomic E-state index is 0.521. The summed E-state index contributed by atoms with van der Waals surface area (Å²) >= 11 is 0. The Labute approximate surface area is 76.3 Å². The first-order valence-corrected chi connectivity index (χ1v) is 3.85. The average molecular weight is 190 g/mol. The first-order chi connectivity index (χ1) is 5.72. The normalized spacial score (nSPS) is 13.8. The molecule has 5 nitrogen and oxygen atoms in total. The lowest BCUT2D eigenvalue weighted by Gasteiger charge is -2.23. The highest BCUT2D eigenvalue weighted by atomic mass is 16.5. The minimum atomic E-state index is -1.28. The highest BCUT2D eigenvalue weighted by molar-refractivity contribution is 5.79. The largest absolute Gasteiger partial charge is 0.481 e. The van der Waals surface area contributed by atoms with Crippen LogP contribution in [-0.2, 0) is 14.3 Å². The van der Waals surface area contributed by atoms with Crippen molar-refractivity contribution in [3.05, 3.63) is 0 Å². The molecule has 0 saturated heterocycles. The molecule has 5 heteroatoms. The lowest BCUT2D eigenvalue weighted by Crippen LogP contribution is -2.34. The van der Waals surface area contributed by atoms with Gasteiger partial charge in [0.2, 0.25) is 0 Å². The van der Waals surface area contributed by atoms with Crippen LogP contribution < -0.4 is 0 Å². The van der Waals surface area contributed by atoms with Crippen LogP contribution in [0.1, 0.15) is 27.2 Å². The quantitative estimate of drug-likeness (QED) is 0.682. The van der Waals surface area contributed by atoms with E-state index in [0.29, 0.717) is 0 Å². The fourth-order valence-corrected chi connectivity index (χ4v) is 0.765. The van der Waals surface area contributed by atoms with Crippen molar-refractivity contribution < 1.29 is 24.5 Å². The van der Waals surface area contributed by atoms with Gasteiger partial charge in [-0.15, -0.1) is 0 Å². The molecule has 76 valence electrons. The van der Waals surface area contributed by atoms with Gasteiger partial charge in [0.15, 0.2) is 6.10 Å². The van der Waals surface area contributed by atoms with Crippen LogP contribution in [0.5, 0.6) is 0 Å². The van der Waals surface area contributed by atoms with Crippen LogP contribution in [0.4, 0.5) is 0 Å². The molecule has 0 spiro atoms. The topological polar surface area (TPSA) is 83.8 Å². The van der Waals surface area contributed by atoms with Crippen molar-refractivity contribution in [3.63, 3.8) is 0 Å². The van der Waals surface area contributed by atoms with Crippen molar-refractivity contribution in [2.75, 3.05) is 0 Å². The van der Waals surface area contributed by atoms with Crippen LogP contribution in [0, 0.1) is 0 Å². The fourth-order valence-electron chi connectivity index (χ4n) is 0.765. The maximum atomic E-state index is 10.5. The number of carbonyl (C=O) groups is 2. The zero-order valence-corrected chi connectivity index (χ0v) is 7.90. The van der Waals surface area contributed by atoms with Crippen LogP contribution in [0.15, 0.2) is 0 Å². The molecule has 0 fully saturated rings. The second-order valence-electron chi connectivity index (χ2n) is 3.65. The van der Waals surface area contributed by atoms with Crippen molar-refractivity contribution in [2.24, 2.45) is 0 Å². The predicted molar refractivity (Wildman–Crippen MR) is 44.5 cm³/mol. The minimum Gasteiger partial charge on any atom is -0.481 e. The van der Waals surface area contributed by atoms with Gasteiger partial charge in [0.25, 0.3) is 0 Å². The molecule has 2 N–H and O–H groups in total. The Kier molecular flexibility index (Phi) is 3.87. The molecule has 0 saturated carbocycles. The highest BCUT2D eigenvalue weighted by Crippen LogP contribution is 2.13. The van der Waals surface area contributed by atoms with E-state index in [9.17, 15) is 9.59 Å². The Morgan fingerprint density at radius 3 is 2.00 bits per heavy atom. The van der Waals surface area contributed by atoms with Gasteiger partial charge in [0.05, 0.1) is 12.0 Å². The molecular weight excluding hydrogens is 176 g/mol. The molecule has 1 unspecified atom stereocenters. The van der Waals surface area contributed by atoms with Crippen LogP contribution >= 0.6 is 0 Å². The first-order valence-electron chi connectivity index (χ1n) is 3.85. The zero-order chi connectivity index (χ0) is 10.6. The molecule has 0 bridgehead atoms. The molecule has 0 aliphatic rings. The Bertz CT molecular complexity index is 203. The molecule has 0 aromatic carbocycles. The Hall–Kier alpha value is -1.10. The van der Waals surface area contributed by atoms with Crippen LogP contribution in [0.3, 0.4) is 0 Å². The van der Waals surface area contributed by atoms with Gasteiger partial charge >= 0.3 is 11.9 Å². The Balaban J connectivity index is 4.27. The van der Waals surface area contributed by atoms with Gasteiger partial charge in [-0.05, 0) is 20.8 Å². The van der Waals surface area contributed by atoms with Crippen LogP contribution in [-0.4, -0.2) is 33.9 Å². The van der Waals surface area contributed by atoms with Crippen molar-refractivity contribution >= 4 is 11.9 Å². The van der Waals surface area contributed by atoms with Gasteiger partial charge in [-0.25, -0.2) is 4.79 Å².